The summed E-state index contributed by atoms with van der Waals surface area (Å²) in [6.45, 7) is 5.13. The highest BCUT2D eigenvalue weighted by Gasteiger charge is 2.46. The molecule has 0 bridgehead atoms. The van der Waals surface area contributed by atoms with E-state index in [2.05, 4.69) is 40.6 Å². The van der Waals surface area contributed by atoms with Gasteiger partial charge in [0.1, 0.15) is 23.6 Å². The summed E-state index contributed by atoms with van der Waals surface area (Å²) >= 11 is 0. The van der Waals surface area contributed by atoms with Gasteiger partial charge in [-0.2, -0.15) is 15.2 Å². The number of pyridine rings is 1. The highest BCUT2D eigenvalue weighted by molar-refractivity contribution is 5.93. The number of likely N-dealkylation sites (N-methyl/N-ethyl adjacent to an activating group) is 1. The summed E-state index contributed by atoms with van der Waals surface area (Å²) in [5.41, 5.74) is 3.65. The van der Waals surface area contributed by atoms with Crippen molar-refractivity contribution in [3.8, 4) is 23.3 Å². The van der Waals surface area contributed by atoms with Crippen molar-refractivity contribution in [3.05, 3.63) is 53.7 Å². The number of benzene rings is 1. The van der Waals surface area contributed by atoms with Gasteiger partial charge in [0.05, 0.1) is 23.9 Å². The molecule has 9 nitrogen and oxygen atoms in total. The second-order valence-corrected chi connectivity index (χ2v) is 12.2. The molecule has 1 saturated carbocycles. The number of nitriles is 1. The Kier molecular flexibility index (Phi) is 6.96. The Bertz CT molecular complexity index is 1670. The minimum absolute atomic E-state index is 0.00601. The van der Waals surface area contributed by atoms with Crippen LogP contribution in [0.2, 0.25) is 0 Å². The number of nitrogens with zero attached hydrogens (tertiary/aromatic N) is 7. The zero-order valence-corrected chi connectivity index (χ0v) is 24.1. The largest absolute Gasteiger partial charge is 0.462 e. The lowest BCUT2D eigenvalue weighted by Crippen LogP contribution is -2.55. The fourth-order valence-corrected chi connectivity index (χ4v) is 7.17. The molecule has 2 aliphatic carbocycles. The van der Waals surface area contributed by atoms with E-state index < -0.39 is 23.6 Å². The number of rotatable bonds is 7. The van der Waals surface area contributed by atoms with Crippen LogP contribution in [0, 0.1) is 23.1 Å². The summed E-state index contributed by atoms with van der Waals surface area (Å²) < 4.78 is 36.4. The Labute approximate surface area is 248 Å². The second kappa shape index (κ2) is 10.8. The van der Waals surface area contributed by atoms with Crippen LogP contribution in [-0.4, -0.2) is 82.6 Å². The number of piperazine rings is 1. The molecule has 222 valence electrons. The Morgan fingerprint density at radius 3 is 2.86 bits per heavy atom. The van der Waals surface area contributed by atoms with Gasteiger partial charge in [-0.15, -0.1) is 0 Å². The molecule has 43 heavy (non-hydrogen) atoms. The summed E-state index contributed by atoms with van der Waals surface area (Å²) in [7, 11) is 2.05. The first-order chi connectivity index (χ1) is 20.8. The van der Waals surface area contributed by atoms with Gasteiger partial charge in [-0.1, -0.05) is 24.8 Å². The normalized spacial score (nSPS) is 24.5. The lowest BCUT2D eigenvalue weighted by Gasteiger charge is -2.41. The SMILES string of the molecule is C=C(F)C(=O)N1CCN(c2nc(OC[C@@H]3CCCN3C)nc3c(F)c(-c4cccc5c4C4CC4C5)ncc23)C[C@@H]1CC#N. The monoisotopic (exact) mass is 585 g/mol. The molecule has 1 aromatic carbocycles. The van der Waals surface area contributed by atoms with E-state index in [0.717, 1.165) is 37.8 Å². The lowest BCUT2D eigenvalue weighted by atomic mass is 9.96. The number of amides is 1. The van der Waals surface area contributed by atoms with Crippen LogP contribution in [0.4, 0.5) is 14.6 Å². The van der Waals surface area contributed by atoms with Crippen molar-refractivity contribution in [2.24, 2.45) is 5.92 Å². The summed E-state index contributed by atoms with van der Waals surface area (Å²) in [6, 6.07) is 7.79. The molecule has 4 atom stereocenters. The molecule has 3 fully saturated rings. The second-order valence-electron chi connectivity index (χ2n) is 12.2. The molecule has 0 spiro atoms. The molecule has 0 N–H and O–H groups in total. The van der Waals surface area contributed by atoms with Gasteiger partial charge in [-0.25, -0.2) is 8.78 Å². The summed E-state index contributed by atoms with van der Waals surface area (Å²) in [4.78, 5) is 31.8. The van der Waals surface area contributed by atoms with Crippen molar-refractivity contribution in [3.63, 3.8) is 0 Å². The van der Waals surface area contributed by atoms with Crippen LogP contribution in [0.15, 0.2) is 36.8 Å². The zero-order chi connectivity index (χ0) is 29.8. The van der Waals surface area contributed by atoms with Gasteiger partial charge < -0.3 is 19.4 Å². The van der Waals surface area contributed by atoms with Crippen LogP contribution in [-0.2, 0) is 11.2 Å². The van der Waals surface area contributed by atoms with Crippen molar-refractivity contribution in [2.45, 2.75) is 50.1 Å². The van der Waals surface area contributed by atoms with Crippen LogP contribution in [0.25, 0.3) is 22.2 Å². The molecular weight excluding hydrogens is 552 g/mol. The van der Waals surface area contributed by atoms with Crippen molar-refractivity contribution in [1.82, 2.24) is 24.8 Å². The van der Waals surface area contributed by atoms with Crippen molar-refractivity contribution in [1.29, 1.82) is 5.26 Å². The maximum Gasteiger partial charge on any atom is 0.319 e. The van der Waals surface area contributed by atoms with Gasteiger partial charge in [0.25, 0.3) is 5.91 Å². The van der Waals surface area contributed by atoms with E-state index in [1.807, 2.05) is 17.0 Å². The van der Waals surface area contributed by atoms with Gasteiger partial charge in [-0.05, 0) is 62.2 Å². The maximum atomic E-state index is 16.6. The standard InChI is InChI=1S/C32H33F2N7O2/c1-18(33)31(42)41-12-11-40(16-21(41)8-9-35)30-25-15-36-28(23-7-3-5-19-13-20-14-24(20)26(19)23)27(34)29(25)37-32(38-30)43-17-22-6-4-10-39(22)2/h3,5,7,15,20-22,24H,1,4,6,8,10-14,16-17H2,2H3/t20?,21-,22-,24?/m0/s1. The number of anilines is 1. The Morgan fingerprint density at radius 1 is 1.23 bits per heavy atom. The van der Waals surface area contributed by atoms with Crippen molar-refractivity contribution in [2.75, 3.05) is 44.7 Å². The van der Waals surface area contributed by atoms with E-state index in [-0.39, 0.29) is 49.3 Å². The van der Waals surface area contributed by atoms with Crippen LogP contribution < -0.4 is 9.64 Å². The highest BCUT2D eigenvalue weighted by Crippen LogP contribution is 2.58. The number of carbonyl (C=O) groups excluding carboxylic acids is 1. The molecule has 2 unspecified atom stereocenters. The van der Waals surface area contributed by atoms with Crippen molar-refractivity contribution < 1.29 is 18.3 Å². The molecule has 2 aromatic heterocycles. The number of halogens is 2. The predicted octanol–water partition coefficient (Wildman–Crippen LogP) is 4.38. The third kappa shape index (κ3) is 4.87. The average molecular weight is 586 g/mol. The fourth-order valence-electron chi connectivity index (χ4n) is 7.17. The summed E-state index contributed by atoms with van der Waals surface area (Å²) in [5.74, 6) is -0.917. The van der Waals surface area contributed by atoms with Gasteiger partial charge in [-0.3, -0.25) is 9.78 Å². The highest BCUT2D eigenvalue weighted by atomic mass is 19.1. The van der Waals surface area contributed by atoms with Gasteiger partial charge >= 0.3 is 6.01 Å². The van der Waals surface area contributed by atoms with Crippen molar-refractivity contribution >= 4 is 22.6 Å². The topological polar surface area (TPSA) is 98.5 Å². The van der Waals surface area contributed by atoms with E-state index in [4.69, 9.17) is 9.72 Å². The number of ether oxygens (including phenoxy) is 1. The number of fused-ring (bicyclic) bond motifs is 4. The van der Waals surface area contributed by atoms with E-state index in [1.54, 1.807) is 6.20 Å². The van der Waals surface area contributed by atoms with E-state index >= 15 is 4.39 Å². The van der Waals surface area contributed by atoms with Crippen LogP contribution in [0.5, 0.6) is 6.01 Å². The first-order valence-corrected chi connectivity index (χ1v) is 14.9. The van der Waals surface area contributed by atoms with Gasteiger partial charge in [0.15, 0.2) is 11.6 Å². The molecule has 2 aliphatic heterocycles. The van der Waals surface area contributed by atoms with E-state index in [9.17, 15) is 14.4 Å². The molecule has 2 saturated heterocycles. The molecule has 11 heteroatoms. The molecule has 4 aliphatic rings. The summed E-state index contributed by atoms with van der Waals surface area (Å²) in [6.07, 6.45) is 5.83. The van der Waals surface area contributed by atoms with E-state index in [0.29, 0.717) is 29.6 Å². The molecule has 3 aromatic rings. The van der Waals surface area contributed by atoms with Gasteiger partial charge in [0, 0.05) is 37.4 Å². The number of aromatic nitrogens is 3. The number of carbonyl (C=O) groups is 1. The molecule has 0 radical (unpaired) electrons. The predicted molar refractivity (Wildman–Crippen MR) is 157 cm³/mol. The van der Waals surface area contributed by atoms with E-state index in [1.165, 1.54) is 16.0 Å². The maximum absolute atomic E-state index is 16.6. The number of hydrogen-bond donors (Lipinski definition) is 0. The Hall–Kier alpha value is -4.17. The van der Waals surface area contributed by atoms with Crippen LogP contribution >= 0.6 is 0 Å². The van der Waals surface area contributed by atoms with Gasteiger partial charge in [0.2, 0.25) is 0 Å². The molecule has 4 heterocycles. The average Bonchev–Trinajstić information content (AvgIpc) is 3.48. The number of likely N-dealkylation sites (tertiary alicyclic amines) is 1. The fraction of sp³-hybridized carbons (Fsp3) is 0.469. The minimum atomic E-state index is -1.07. The first-order valence-electron chi connectivity index (χ1n) is 14.9. The zero-order valence-electron chi connectivity index (χ0n) is 24.1. The third-order valence-corrected chi connectivity index (χ3v) is 9.55. The lowest BCUT2D eigenvalue weighted by molar-refractivity contribution is -0.131. The molecular formula is C32H33F2N7O2. The van der Waals surface area contributed by atoms with Crippen LogP contribution in [0.1, 0.15) is 42.7 Å². The Morgan fingerprint density at radius 2 is 2.09 bits per heavy atom. The van der Waals surface area contributed by atoms with Crippen LogP contribution in [0.3, 0.4) is 0 Å². The quantitative estimate of drug-likeness (QED) is 0.377. The minimum Gasteiger partial charge on any atom is -0.462 e. The number of hydrogen-bond acceptors (Lipinski definition) is 8. The summed E-state index contributed by atoms with van der Waals surface area (Å²) in [5, 5.41) is 9.87. The third-order valence-electron chi connectivity index (χ3n) is 9.55. The molecule has 1 amide bonds. The molecule has 7 rings (SSSR count). The first kappa shape index (κ1) is 27.7. The smallest absolute Gasteiger partial charge is 0.319 e. The Balaban J connectivity index is 1.29.